The van der Waals surface area contributed by atoms with Crippen molar-refractivity contribution in [3.05, 3.63) is 29.5 Å². The second-order valence-corrected chi connectivity index (χ2v) is 9.12. The number of likely N-dealkylation sites (tertiary alicyclic amines) is 1. The van der Waals surface area contributed by atoms with E-state index in [9.17, 15) is 9.90 Å². The fourth-order valence-corrected chi connectivity index (χ4v) is 4.94. The Morgan fingerprint density at radius 1 is 1.41 bits per heavy atom. The second-order valence-electron chi connectivity index (χ2n) is 9.12. The van der Waals surface area contributed by atoms with E-state index < -0.39 is 5.60 Å². The molecule has 1 amide bonds. The monoisotopic (exact) mass is 400 g/mol. The fourth-order valence-electron chi connectivity index (χ4n) is 4.94. The Bertz CT molecular complexity index is 934. The van der Waals surface area contributed by atoms with E-state index in [0.29, 0.717) is 6.54 Å². The van der Waals surface area contributed by atoms with Crippen LogP contribution in [0.3, 0.4) is 0 Å². The maximum atomic E-state index is 12.1. The summed E-state index contributed by atoms with van der Waals surface area (Å²) in [6, 6.07) is 6.07. The van der Waals surface area contributed by atoms with Gasteiger partial charge in [0.15, 0.2) is 0 Å². The van der Waals surface area contributed by atoms with Crippen molar-refractivity contribution < 1.29 is 14.6 Å². The van der Waals surface area contributed by atoms with Gasteiger partial charge in [-0.2, -0.15) is 0 Å². The molecule has 1 aromatic heterocycles. The van der Waals surface area contributed by atoms with Gasteiger partial charge in [-0.1, -0.05) is 0 Å². The number of rotatable bonds is 4. The molecule has 7 heteroatoms. The van der Waals surface area contributed by atoms with E-state index in [1.165, 1.54) is 11.3 Å². The first-order chi connectivity index (χ1) is 13.7. The number of nitrogens with zero attached hydrogens (tertiary/aromatic N) is 2. The lowest BCUT2D eigenvalue weighted by Gasteiger charge is -2.31. The van der Waals surface area contributed by atoms with E-state index in [4.69, 9.17) is 10.5 Å². The number of anilines is 1. The summed E-state index contributed by atoms with van der Waals surface area (Å²) < 4.78 is 7.58. The number of carbonyl (C=O) groups is 1. The average molecular weight is 401 g/mol. The van der Waals surface area contributed by atoms with Crippen LogP contribution in [0.4, 0.5) is 10.5 Å². The lowest BCUT2D eigenvalue weighted by Crippen LogP contribution is -2.44. The molecule has 7 nitrogen and oxygen atoms in total. The normalized spacial score (nSPS) is 27.0. The fraction of sp³-hybridized carbons (Fsp3) is 0.591. The Morgan fingerprint density at radius 2 is 2.17 bits per heavy atom. The number of nitrogens with two attached hydrogens (primary N) is 1. The second kappa shape index (κ2) is 7.22. The molecule has 3 atom stereocenters. The van der Waals surface area contributed by atoms with Crippen LogP contribution in [0.5, 0.6) is 0 Å². The number of nitrogen functional groups attached to an aromatic ring is 1. The largest absolute Gasteiger partial charge is 0.447 e. The van der Waals surface area contributed by atoms with Crippen molar-refractivity contribution in [2.24, 2.45) is 0 Å². The molecular formula is C22H32N4O3. The zero-order valence-electron chi connectivity index (χ0n) is 17.7. The summed E-state index contributed by atoms with van der Waals surface area (Å²) >= 11 is 0. The maximum absolute atomic E-state index is 12.1. The van der Waals surface area contributed by atoms with Gasteiger partial charge in [-0.3, -0.25) is 4.90 Å². The summed E-state index contributed by atoms with van der Waals surface area (Å²) in [6.45, 7) is 7.21. The van der Waals surface area contributed by atoms with E-state index in [-0.39, 0.29) is 24.3 Å². The zero-order chi connectivity index (χ0) is 20.9. The highest BCUT2D eigenvalue weighted by atomic mass is 16.6. The van der Waals surface area contributed by atoms with Gasteiger partial charge in [0, 0.05) is 47.8 Å². The number of hydrogen-bond acceptors (Lipinski definition) is 5. The summed E-state index contributed by atoms with van der Waals surface area (Å²) in [6.07, 6.45) is 1.76. The topological polar surface area (TPSA) is 92.8 Å². The highest BCUT2D eigenvalue weighted by molar-refractivity contribution is 5.89. The first-order valence-corrected chi connectivity index (χ1v) is 10.4. The number of aromatic nitrogens is 1. The number of benzene rings is 1. The molecule has 1 fully saturated rings. The Balaban J connectivity index is 1.66. The third-order valence-corrected chi connectivity index (χ3v) is 6.44. The van der Waals surface area contributed by atoms with Gasteiger partial charge in [-0.15, -0.1) is 0 Å². The molecule has 29 heavy (non-hydrogen) atoms. The van der Waals surface area contributed by atoms with Gasteiger partial charge in [0.25, 0.3) is 0 Å². The van der Waals surface area contributed by atoms with Crippen molar-refractivity contribution in [2.45, 2.75) is 70.4 Å². The van der Waals surface area contributed by atoms with Gasteiger partial charge in [-0.05, 0) is 64.4 Å². The molecule has 2 aromatic rings. The maximum Gasteiger partial charge on any atom is 0.407 e. The number of aliphatic hydroxyl groups is 1. The number of alkyl carbamates (subject to hydrolysis) is 1. The van der Waals surface area contributed by atoms with Crippen LogP contribution in [0.15, 0.2) is 18.2 Å². The summed E-state index contributed by atoms with van der Waals surface area (Å²) in [7, 11) is 2.07. The Hall–Kier alpha value is -2.25. The van der Waals surface area contributed by atoms with Crippen LogP contribution >= 0.6 is 0 Å². The third-order valence-electron chi connectivity index (χ3n) is 6.44. The lowest BCUT2D eigenvalue weighted by molar-refractivity contribution is 0.0190. The number of nitrogens with one attached hydrogen (secondary N) is 1. The molecule has 1 aliphatic heterocycles. The van der Waals surface area contributed by atoms with Gasteiger partial charge in [0.05, 0.1) is 17.7 Å². The van der Waals surface area contributed by atoms with Crippen molar-refractivity contribution in [2.75, 3.05) is 19.3 Å². The first-order valence-electron chi connectivity index (χ1n) is 10.4. The summed E-state index contributed by atoms with van der Waals surface area (Å²) in [5.74, 6) is 0. The van der Waals surface area contributed by atoms with Crippen LogP contribution < -0.4 is 11.1 Å². The van der Waals surface area contributed by atoms with Crippen LogP contribution in [-0.4, -0.2) is 58.0 Å². The number of amides is 1. The molecule has 2 aliphatic rings. The van der Waals surface area contributed by atoms with Gasteiger partial charge in [0.2, 0.25) is 0 Å². The molecule has 0 spiro atoms. The molecule has 1 aliphatic carbocycles. The first kappa shape index (κ1) is 20.0. The van der Waals surface area contributed by atoms with Crippen LogP contribution in [0, 0.1) is 0 Å². The number of fused-ring (bicyclic) bond motifs is 3. The number of likely N-dealkylation sites (N-methyl/N-ethyl adjacent to an activating group) is 1. The molecule has 0 radical (unpaired) electrons. The van der Waals surface area contributed by atoms with E-state index in [0.717, 1.165) is 42.4 Å². The van der Waals surface area contributed by atoms with Crippen molar-refractivity contribution in [3.63, 3.8) is 0 Å². The molecule has 158 valence electrons. The summed E-state index contributed by atoms with van der Waals surface area (Å²) in [5, 5.41) is 15.0. The van der Waals surface area contributed by atoms with Crippen molar-refractivity contribution >= 4 is 22.7 Å². The molecule has 0 bridgehead atoms. The lowest BCUT2D eigenvalue weighted by atomic mass is 9.97. The van der Waals surface area contributed by atoms with Crippen molar-refractivity contribution in [3.8, 4) is 0 Å². The minimum Gasteiger partial charge on any atom is -0.447 e. The Labute approximate surface area is 171 Å². The van der Waals surface area contributed by atoms with Crippen molar-refractivity contribution in [1.82, 2.24) is 14.8 Å². The molecule has 1 saturated heterocycles. The van der Waals surface area contributed by atoms with Crippen LogP contribution in [0.2, 0.25) is 0 Å². The highest BCUT2D eigenvalue weighted by Gasteiger charge is 2.42. The molecule has 1 aromatic carbocycles. The quantitative estimate of drug-likeness (QED) is 0.685. The van der Waals surface area contributed by atoms with Gasteiger partial charge in [0.1, 0.15) is 0 Å². The van der Waals surface area contributed by atoms with Gasteiger partial charge >= 0.3 is 6.09 Å². The highest BCUT2D eigenvalue weighted by Crippen LogP contribution is 2.37. The molecule has 4 rings (SSSR count). The molecule has 0 saturated carbocycles. The minimum absolute atomic E-state index is 0.00477. The predicted octanol–water partition coefficient (Wildman–Crippen LogP) is 2.28. The molecule has 4 N–H and O–H groups in total. The minimum atomic E-state index is -0.719. The average Bonchev–Trinajstić information content (AvgIpc) is 3.21. The zero-order valence-corrected chi connectivity index (χ0v) is 17.7. The molecular weight excluding hydrogens is 368 g/mol. The molecule has 2 heterocycles. The summed E-state index contributed by atoms with van der Waals surface area (Å²) in [5.41, 5.74) is 9.69. The molecule has 2 unspecified atom stereocenters. The standard InChI is InChI=1S/C22H32N4O3/c1-13(2)29-21(27)24-15-10-17-16-9-14(23)5-6-18(16)26(19(17)11-15)12-20-22(3,28)7-8-25(20)4/h5-6,9,13,15,20,28H,7-8,10-12,23H2,1-4H3,(H,24,27)/t15-,20?,22?/m0/s1. The summed E-state index contributed by atoms with van der Waals surface area (Å²) in [4.78, 5) is 14.3. The Morgan fingerprint density at radius 3 is 2.83 bits per heavy atom. The number of ether oxygens (including phenoxy) is 1. The van der Waals surface area contributed by atoms with Gasteiger partial charge in [-0.25, -0.2) is 4.79 Å². The van der Waals surface area contributed by atoms with E-state index in [1.54, 1.807) is 0 Å². The predicted molar refractivity (Wildman–Crippen MR) is 114 cm³/mol. The van der Waals surface area contributed by atoms with Crippen LogP contribution in [0.25, 0.3) is 10.9 Å². The number of carbonyl (C=O) groups excluding carboxylic acids is 1. The van der Waals surface area contributed by atoms with Gasteiger partial charge < -0.3 is 25.5 Å². The number of hydrogen-bond donors (Lipinski definition) is 3. The van der Waals surface area contributed by atoms with Crippen LogP contribution in [-0.2, 0) is 24.1 Å². The van der Waals surface area contributed by atoms with E-state index in [2.05, 4.69) is 27.9 Å². The van der Waals surface area contributed by atoms with Crippen LogP contribution in [0.1, 0.15) is 38.4 Å². The van der Waals surface area contributed by atoms with Crippen molar-refractivity contribution in [1.29, 1.82) is 0 Å². The van der Waals surface area contributed by atoms with E-state index >= 15 is 0 Å². The smallest absolute Gasteiger partial charge is 0.407 e. The Kier molecular flexibility index (Phi) is 4.99. The third kappa shape index (κ3) is 3.69. The SMILES string of the molecule is CC(C)OC(=O)N[C@H]1Cc2c(n(CC3N(C)CCC3(C)O)c3ccc(N)cc23)C1. The van der Waals surface area contributed by atoms with E-state index in [1.807, 2.05) is 32.9 Å².